The minimum absolute atomic E-state index is 0.0378. The number of hydrogen-bond acceptors (Lipinski definition) is 6. The number of anilines is 1. The van der Waals surface area contributed by atoms with Crippen molar-refractivity contribution in [1.29, 1.82) is 0 Å². The normalized spacial score (nSPS) is 10.8. The fourth-order valence-corrected chi connectivity index (χ4v) is 2.51. The molecule has 0 aliphatic rings. The standard InChI is InChI=1S/C20H23ClN2O5/c1-13(2)28-18-7-5-14(9-19(18)26-4)11-22-27-12-20(24)23-15-6-8-17(25-3)16(21)10-15/h5-11,13H,12H2,1-4H3,(H,23,24)/b22-11-. The van der Waals surface area contributed by atoms with Crippen molar-refractivity contribution in [2.24, 2.45) is 5.16 Å². The molecule has 28 heavy (non-hydrogen) atoms. The van der Waals surface area contributed by atoms with Gasteiger partial charge in [-0.15, -0.1) is 0 Å². The fourth-order valence-electron chi connectivity index (χ4n) is 2.25. The van der Waals surface area contributed by atoms with Gasteiger partial charge in [-0.25, -0.2) is 0 Å². The average molecular weight is 407 g/mol. The van der Waals surface area contributed by atoms with Crippen molar-refractivity contribution < 1.29 is 23.8 Å². The van der Waals surface area contributed by atoms with Gasteiger partial charge in [0.25, 0.3) is 5.91 Å². The van der Waals surface area contributed by atoms with Crippen molar-refractivity contribution in [3.63, 3.8) is 0 Å². The SMILES string of the molecule is COc1ccc(NC(=O)CO/N=C\c2ccc(OC(C)C)c(OC)c2)cc1Cl. The third-order valence-electron chi connectivity index (χ3n) is 3.46. The van der Waals surface area contributed by atoms with Crippen LogP contribution in [-0.2, 0) is 9.63 Å². The van der Waals surface area contributed by atoms with Crippen molar-refractivity contribution in [3.8, 4) is 17.2 Å². The Morgan fingerprint density at radius 1 is 1.11 bits per heavy atom. The van der Waals surface area contributed by atoms with Crippen LogP contribution in [0.5, 0.6) is 17.2 Å². The molecule has 0 aliphatic carbocycles. The van der Waals surface area contributed by atoms with Crippen molar-refractivity contribution in [2.45, 2.75) is 20.0 Å². The van der Waals surface area contributed by atoms with E-state index in [0.717, 1.165) is 5.56 Å². The summed E-state index contributed by atoms with van der Waals surface area (Å²) in [7, 11) is 3.08. The summed E-state index contributed by atoms with van der Waals surface area (Å²) < 4.78 is 16.0. The lowest BCUT2D eigenvalue weighted by molar-refractivity contribution is -0.120. The van der Waals surface area contributed by atoms with E-state index in [1.165, 1.54) is 13.3 Å². The van der Waals surface area contributed by atoms with Crippen LogP contribution in [0.25, 0.3) is 0 Å². The largest absolute Gasteiger partial charge is 0.495 e. The summed E-state index contributed by atoms with van der Waals surface area (Å²) in [4.78, 5) is 17.0. The molecule has 7 nitrogen and oxygen atoms in total. The summed E-state index contributed by atoms with van der Waals surface area (Å²) >= 11 is 6.02. The molecule has 0 unspecified atom stereocenters. The van der Waals surface area contributed by atoms with E-state index in [-0.39, 0.29) is 18.6 Å². The first-order chi connectivity index (χ1) is 13.4. The predicted octanol–water partition coefficient (Wildman–Crippen LogP) is 4.13. The van der Waals surface area contributed by atoms with Crippen LogP contribution in [0.3, 0.4) is 0 Å². The molecule has 0 radical (unpaired) electrons. The molecule has 0 aromatic heterocycles. The molecular formula is C20H23ClN2O5. The number of rotatable bonds is 9. The zero-order valence-electron chi connectivity index (χ0n) is 16.2. The van der Waals surface area contributed by atoms with Crippen LogP contribution < -0.4 is 19.5 Å². The highest BCUT2D eigenvalue weighted by Gasteiger charge is 2.08. The maximum absolute atomic E-state index is 11.9. The lowest BCUT2D eigenvalue weighted by Gasteiger charge is -2.13. The average Bonchev–Trinajstić information content (AvgIpc) is 2.66. The number of methoxy groups -OCH3 is 2. The third-order valence-corrected chi connectivity index (χ3v) is 3.75. The van der Waals surface area contributed by atoms with Crippen LogP contribution in [0.15, 0.2) is 41.6 Å². The van der Waals surface area contributed by atoms with E-state index < -0.39 is 0 Å². The van der Waals surface area contributed by atoms with Crippen molar-refractivity contribution in [2.75, 3.05) is 26.1 Å². The van der Waals surface area contributed by atoms with E-state index in [0.29, 0.717) is 28.0 Å². The molecule has 0 saturated carbocycles. The van der Waals surface area contributed by atoms with Gasteiger partial charge in [0.15, 0.2) is 18.1 Å². The Kier molecular flexibility index (Phi) is 7.95. The number of amides is 1. The lowest BCUT2D eigenvalue weighted by atomic mass is 10.2. The zero-order valence-corrected chi connectivity index (χ0v) is 16.9. The molecule has 0 fully saturated rings. The summed E-state index contributed by atoms with van der Waals surface area (Å²) in [6, 6.07) is 10.3. The van der Waals surface area contributed by atoms with Gasteiger partial charge in [-0.1, -0.05) is 16.8 Å². The second-order valence-electron chi connectivity index (χ2n) is 5.98. The first-order valence-electron chi connectivity index (χ1n) is 8.56. The Morgan fingerprint density at radius 3 is 2.46 bits per heavy atom. The Morgan fingerprint density at radius 2 is 1.82 bits per heavy atom. The Hall–Kier alpha value is -2.93. The molecule has 150 valence electrons. The molecule has 1 amide bonds. The minimum Gasteiger partial charge on any atom is -0.495 e. The Labute approximate surface area is 169 Å². The van der Waals surface area contributed by atoms with Crippen LogP contribution in [0.4, 0.5) is 5.69 Å². The third kappa shape index (κ3) is 6.35. The smallest absolute Gasteiger partial charge is 0.265 e. The van der Waals surface area contributed by atoms with Crippen molar-refractivity contribution >= 4 is 29.4 Å². The van der Waals surface area contributed by atoms with Gasteiger partial charge < -0.3 is 24.4 Å². The summed E-state index contributed by atoms with van der Waals surface area (Å²) in [6.45, 7) is 3.63. The Balaban J connectivity index is 1.87. The summed E-state index contributed by atoms with van der Waals surface area (Å²) in [6.07, 6.45) is 1.52. The van der Waals surface area contributed by atoms with Gasteiger partial charge in [0.05, 0.1) is 31.6 Å². The van der Waals surface area contributed by atoms with Gasteiger partial charge in [0, 0.05) is 11.3 Å². The van der Waals surface area contributed by atoms with E-state index >= 15 is 0 Å². The van der Waals surface area contributed by atoms with Gasteiger partial charge in [-0.2, -0.15) is 0 Å². The lowest BCUT2D eigenvalue weighted by Crippen LogP contribution is -2.17. The van der Waals surface area contributed by atoms with Crippen LogP contribution in [-0.4, -0.2) is 39.1 Å². The minimum atomic E-state index is -0.364. The van der Waals surface area contributed by atoms with E-state index in [4.69, 9.17) is 30.6 Å². The molecule has 0 aliphatic heterocycles. The van der Waals surface area contributed by atoms with Crippen LogP contribution in [0.2, 0.25) is 5.02 Å². The molecule has 2 aromatic rings. The van der Waals surface area contributed by atoms with Crippen molar-refractivity contribution in [1.82, 2.24) is 0 Å². The van der Waals surface area contributed by atoms with E-state index in [1.807, 2.05) is 19.9 Å². The summed E-state index contributed by atoms with van der Waals surface area (Å²) in [5, 5.41) is 6.87. The quantitative estimate of drug-likeness (QED) is 0.500. The highest BCUT2D eigenvalue weighted by molar-refractivity contribution is 6.32. The topological polar surface area (TPSA) is 78.4 Å². The van der Waals surface area contributed by atoms with E-state index in [1.54, 1.807) is 37.4 Å². The first kappa shape index (κ1) is 21.4. The number of oxime groups is 1. The molecular weight excluding hydrogens is 384 g/mol. The van der Waals surface area contributed by atoms with Gasteiger partial charge >= 0.3 is 0 Å². The Bertz CT molecular complexity index is 839. The molecule has 2 rings (SSSR count). The molecule has 2 aromatic carbocycles. The van der Waals surface area contributed by atoms with Crippen LogP contribution in [0, 0.1) is 0 Å². The fraction of sp³-hybridized carbons (Fsp3) is 0.300. The molecule has 1 N–H and O–H groups in total. The number of carbonyl (C=O) groups excluding carboxylic acids is 1. The maximum Gasteiger partial charge on any atom is 0.265 e. The second-order valence-corrected chi connectivity index (χ2v) is 6.39. The number of nitrogens with zero attached hydrogens (tertiary/aromatic N) is 1. The van der Waals surface area contributed by atoms with E-state index in [9.17, 15) is 4.79 Å². The summed E-state index contributed by atoms with van der Waals surface area (Å²) in [5.74, 6) is 1.40. The predicted molar refractivity (Wildman–Crippen MR) is 109 cm³/mol. The number of benzene rings is 2. The van der Waals surface area contributed by atoms with Gasteiger partial charge in [-0.3, -0.25) is 4.79 Å². The molecule has 8 heteroatoms. The molecule has 0 saturated heterocycles. The number of hydrogen-bond donors (Lipinski definition) is 1. The molecule has 0 spiro atoms. The van der Waals surface area contributed by atoms with Crippen molar-refractivity contribution in [3.05, 3.63) is 47.0 Å². The van der Waals surface area contributed by atoms with Gasteiger partial charge in [0.1, 0.15) is 5.75 Å². The number of nitrogens with one attached hydrogen (secondary N) is 1. The second kappa shape index (κ2) is 10.4. The van der Waals surface area contributed by atoms with Crippen LogP contribution in [0.1, 0.15) is 19.4 Å². The zero-order chi connectivity index (χ0) is 20.5. The molecule has 0 atom stereocenters. The highest BCUT2D eigenvalue weighted by atomic mass is 35.5. The maximum atomic E-state index is 11.9. The van der Waals surface area contributed by atoms with E-state index in [2.05, 4.69) is 10.5 Å². The number of ether oxygens (including phenoxy) is 3. The van der Waals surface area contributed by atoms with Gasteiger partial charge in [-0.05, 0) is 50.2 Å². The summed E-state index contributed by atoms with van der Waals surface area (Å²) in [5.41, 5.74) is 1.28. The highest BCUT2D eigenvalue weighted by Crippen LogP contribution is 2.28. The van der Waals surface area contributed by atoms with Crippen LogP contribution >= 0.6 is 11.6 Å². The number of halogens is 1. The monoisotopic (exact) mass is 406 g/mol. The molecule has 0 bridgehead atoms. The molecule has 0 heterocycles. The number of carbonyl (C=O) groups is 1. The van der Waals surface area contributed by atoms with Gasteiger partial charge in [0.2, 0.25) is 0 Å². The first-order valence-corrected chi connectivity index (χ1v) is 8.94.